The molecule has 3 N–H and O–H groups in total. The van der Waals surface area contributed by atoms with Gasteiger partial charge in [-0.15, -0.1) is 0 Å². The third-order valence-electron chi connectivity index (χ3n) is 5.45. The van der Waals surface area contributed by atoms with Gasteiger partial charge < -0.3 is 15.8 Å². The number of nitrogens with two attached hydrogens (primary N) is 1. The number of aryl methyl sites for hydroxylation is 2. The number of rotatable bonds is 5. The average molecular weight is 366 g/mol. The van der Waals surface area contributed by atoms with Crippen LogP contribution in [0.5, 0.6) is 0 Å². The maximum absolute atomic E-state index is 12.6. The molecular weight excluding hydrogens is 340 g/mol. The second kappa shape index (κ2) is 8.06. The first kappa shape index (κ1) is 17.9. The molecule has 1 aromatic carbocycles. The fourth-order valence-corrected chi connectivity index (χ4v) is 3.96. The van der Waals surface area contributed by atoms with E-state index >= 15 is 0 Å². The first-order chi connectivity index (χ1) is 13.2. The van der Waals surface area contributed by atoms with Gasteiger partial charge in [-0.25, -0.2) is 4.98 Å². The van der Waals surface area contributed by atoms with Crippen LogP contribution in [0.1, 0.15) is 29.5 Å². The maximum Gasteiger partial charge on any atom is 0.226 e. The number of pyridine rings is 1. The lowest BCUT2D eigenvalue weighted by atomic mass is 10.1. The molecule has 0 saturated carbocycles. The summed E-state index contributed by atoms with van der Waals surface area (Å²) in [4.78, 5) is 19.0. The zero-order chi connectivity index (χ0) is 18.6. The zero-order valence-electron chi connectivity index (χ0n) is 15.5. The van der Waals surface area contributed by atoms with E-state index in [0.717, 1.165) is 30.6 Å². The zero-order valence-corrected chi connectivity index (χ0v) is 15.5. The lowest BCUT2D eigenvalue weighted by Crippen LogP contribution is -2.46. The van der Waals surface area contributed by atoms with E-state index in [9.17, 15) is 4.79 Å². The van der Waals surface area contributed by atoms with Gasteiger partial charge in [-0.2, -0.15) is 0 Å². The highest BCUT2D eigenvalue weighted by atomic mass is 16.5. The maximum atomic E-state index is 12.6. The molecule has 1 aliphatic carbocycles. The number of fused-ring (bicyclic) bond motifs is 1. The van der Waals surface area contributed by atoms with Crippen molar-refractivity contribution in [3.8, 4) is 0 Å². The van der Waals surface area contributed by atoms with E-state index in [-0.39, 0.29) is 11.9 Å². The molecule has 0 bridgehead atoms. The third kappa shape index (κ3) is 4.28. The van der Waals surface area contributed by atoms with Crippen molar-refractivity contribution in [3.05, 3.63) is 53.2 Å². The quantitative estimate of drug-likeness (QED) is 0.849. The normalized spacial score (nSPS) is 19.6. The summed E-state index contributed by atoms with van der Waals surface area (Å²) in [7, 11) is 0. The van der Waals surface area contributed by atoms with Crippen LogP contribution in [-0.4, -0.2) is 41.6 Å². The van der Waals surface area contributed by atoms with Gasteiger partial charge >= 0.3 is 0 Å². The first-order valence-electron chi connectivity index (χ1n) is 9.62. The number of morpholine rings is 1. The largest absolute Gasteiger partial charge is 0.383 e. The lowest BCUT2D eigenvalue weighted by Gasteiger charge is -2.35. The molecule has 27 heavy (non-hydrogen) atoms. The van der Waals surface area contributed by atoms with Crippen molar-refractivity contribution in [2.24, 2.45) is 0 Å². The van der Waals surface area contributed by atoms with E-state index in [2.05, 4.69) is 27.3 Å². The topological polar surface area (TPSA) is 80.5 Å². The fourth-order valence-electron chi connectivity index (χ4n) is 3.96. The van der Waals surface area contributed by atoms with E-state index in [0.29, 0.717) is 32.0 Å². The van der Waals surface area contributed by atoms with Gasteiger partial charge in [0.05, 0.1) is 13.2 Å². The third-order valence-corrected chi connectivity index (χ3v) is 5.45. The summed E-state index contributed by atoms with van der Waals surface area (Å²) < 4.78 is 5.62. The molecule has 2 aromatic rings. The molecule has 1 atom stereocenters. The summed E-state index contributed by atoms with van der Waals surface area (Å²) in [6.07, 6.45) is 5.56. The molecule has 6 nitrogen and oxygen atoms in total. The van der Waals surface area contributed by atoms with Crippen LogP contribution in [0.2, 0.25) is 0 Å². The van der Waals surface area contributed by atoms with Gasteiger partial charge in [-0.3, -0.25) is 9.69 Å². The second-order valence-corrected chi connectivity index (χ2v) is 7.34. The van der Waals surface area contributed by atoms with Gasteiger partial charge in [0.2, 0.25) is 5.91 Å². The summed E-state index contributed by atoms with van der Waals surface area (Å²) in [6, 6.07) is 10.2. The van der Waals surface area contributed by atoms with Crippen LogP contribution in [0.4, 0.5) is 11.5 Å². The number of nitrogens with zero attached hydrogens (tertiary/aromatic N) is 2. The molecule has 0 radical (unpaired) electrons. The summed E-state index contributed by atoms with van der Waals surface area (Å²) >= 11 is 0. The van der Waals surface area contributed by atoms with Gasteiger partial charge in [0.25, 0.3) is 0 Å². The van der Waals surface area contributed by atoms with Crippen molar-refractivity contribution < 1.29 is 9.53 Å². The van der Waals surface area contributed by atoms with Crippen LogP contribution in [0, 0.1) is 0 Å². The Morgan fingerprint density at radius 3 is 3.07 bits per heavy atom. The highest BCUT2D eigenvalue weighted by molar-refractivity contribution is 5.91. The Bertz CT molecular complexity index is 824. The first-order valence-corrected chi connectivity index (χ1v) is 9.62. The number of amides is 1. The van der Waals surface area contributed by atoms with Gasteiger partial charge in [-0.05, 0) is 48.6 Å². The highest BCUT2D eigenvalue weighted by Gasteiger charge is 2.26. The smallest absolute Gasteiger partial charge is 0.226 e. The Morgan fingerprint density at radius 2 is 2.19 bits per heavy atom. The average Bonchev–Trinajstić information content (AvgIpc) is 3.13. The standard InChI is InChI=1S/C21H26N4O2/c22-21-17(5-2-8-23-21)13-25-9-10-27-14-19(25)12-20(26)24-18-7-6-15-3-1-4-16(15)11-18/h2,5-8,11,19H,1,3-4,9-10,12-14H2,(H2,22,23)(H,24,26)/t19-/m0/s1. The van der Waals surface area contributed by atoms with E-state index in [1.54, 1.807) is 6.20 Å². The molecule has 0 unspecified atom stereocenters. The number of hydrogen-bond acceptors (Lipinski definition) is 5. The number of carbonyl (C=O) groups excluding carboxylic acids is 1. The minimum Gasteiger partial charge on any atom is -0.383 e. The Kier molecular flexibility index (Phi) is 5.36. The molecule has 2 aliphatic rings. The highest BCUT2D eigenvalue weighted by Crippen LogP contribution is 2.25. The predicted molar refractivity (Wildman–Crippen MR) is 105 cm³/mol. The van der Waals surface area contributed by atoms with Gasteiger partial charge in [-0.1, -0.05) is 12.1 Å². The molecule has 142 valence electrons. The number of nitrogens with one attached hydrogen (secondary N) is 1. The Balaban J connectivity index is 1.39. The predicted octanol–water partition coefficient (Wildman–Crippen LogP) is 2.38. The fraction of sp³-hybridized carbons (Fsp3) is 0.429. The minimum absolute atomic E-state index is 0.0209. The van der Waals surface area contributed by atoms with E-state index in [1.807, 2.05) is 18.2 Å². The van der Waals surface area contributed by atoms with Crippen LogP contribution in [0.3, 0.4) is 0 Å². The van der Waals surface area contributed by atoms with Crippen molar-refractivity contribution in [3.63, 3.8) is 0 Å². The van der Waals surface area contributed by atoms with Gasteiger partial charge in [0, 0.05) is 43.0 Å². The Hall–Kier alpha value is -2.44. The molecular formula is C21H26N4O2. The molecule has 1 amide bonds. The van der Waals surface area contributed by atoms with Crippen LogP contribution in [-0.2, 0) is 28.9 Å². The number of ether oxygens (including phenoxy) is 1. The Morgan fingerprint density at radius 1 is 1.30 bits per heavy atom. The molecule has 1 aliphatic heterocycles. The van der Waals surface area contributed by atoms with Crippen LogP contribution >= 0.6 is 0 Å². The number of nitrogen functional groups attached to an aromatic ring is 1. The SMILES string of the molecule is Nc1ncccc1CN1CCOC[C@@H]1CC(=O)Nc1ccc2c(c1)CCC2. The van der Waals surface area contributed by atoms with Gasteiger partial charge in [0.15, 0.2) is 0 Å². The van der Waals surface area contributed by atoms with Crippen LogP contribution < -0.4 is 11.1 Å². The van der Waals surface area contributed by atoms with E-state index in [1.165, 1.54) is 17.5 Å². The number of benzene rings is 1. The molecule has 1 fully saturated rings. The molecule has 6 heteroatoms. The monoisotopic (exact) mass is 366 g/mol. The van der Waals surface area contributed by atoms with Gasteiger partial charge in [0.1, 0.15) is 5.82 Å². The summed E-state index contributed by atoms with van der Waals surface area (Å²) in [5, 5.41) is 3.06. The summed E-state index contributed by atoms with van der Waals surface area (Å²) in [5.41, 5.74) is 10.6. The van der Waals surface area contributed by atoms with Crippen molar-refractivity contribution in [2.45, 2.75) is 38.3 Å². The molecule has 2 heterocycles. The van der Waals surface area contributed by atoms with Crippen molar-refractivity contribution in [1.29, 1.82) is 0 Å². The molecule has 0 spiro atoms. The van der Waals surface area contributed by atoms with E-state index < -0.39 is 0 Å². The summed E-state index contributed by atoms with van der Waals surface area (Å²) in [6.45, 7) is 2.69. The molecule has 4 rings (SSSR count). The van der Waals surface area contributed by atoms with Crippen LogP contribution in [0.15, 0.2) is 36.5 Å². The lowest BCUT2D eigenvalue weighted by molar-refractivity contribution is -0.119. The van der Waals surface area contributed by atoms with E-state index in [4.69, 9.17) is 10.5 Å². The Labute approximate surface area is 159 Å². The number of anilines is 2. The number of aromatic nitrogens is 1. The van der Waals surface area contributed by atoms with Crippen LogP contribution in [0.25, 0.3) is 0 Å². The number of hydrogen-bond donors (Lipinski definition) is 2. The molecule has 1 aromatic heterocycles. The summed E-state index contributed by atoms with van der Waals surface area (Å²) in [5.74, 6) is 0.568. The second-order valence-electron chi connectivity index (χ2n) is 7.34. The number of carbonyl (C=O) groups is 1. The van der Waals surface area contributed by atoms with Crippen molar-refractivity contribution in [2.75, 3.05) is 30.8 Å². The minimum atomic E-state index is 0.0209. The van der Waals surface area contributed by atoms with Crippen molar-refractivity contribution >= 4 is 17.4 Å². The molecule has 1 saturated heterocycles. The van der Waals surface area contributed by atoms with Crippen molar-refractivity contribution in [1.82, 2.24) is 9.88 Å².